The normalized spacial score (nSPS) is 10.7. The predicted molar refractivity (Wildman–Crippen MR) is 79.9 cm³/mol. The van der Waals surface area contributed by atoms with Crippen molar-refractivity contribution in [1.29, 1.82) is 0 Å². The summed E-state index contributed by atoms with van der Waals surface area (Å²) in [6.07, 6.45) is 4.81. The van der Waals surface area contributed by atoms with Crippen LogP contribution in [0.5, 0.6) is 5.75 Å². The van der Waals surface area contributed by atoms with Gasteiger partial charge in [-0.25, -0.2) is 0 Å². The second-order valence-corrected chi connectivity index (χ2v) is 4.90. The Hall–Kier alpha value is -2.56. The van der Waals surface area contributed by atoms with Gasteiger partial charge in [-0.05, 0) is 24.3 Å². The molecular formula is C16H18N4O. The minimum atomic E-state index is 0.487. The van der Waals surface area contributed by atoms with E-state index in [0.717, 1.165) is 30.1 Å². The fraction of sp³-hybridized carbons (Fsp3) is 0.250. The van der Waals surface area contributed by atoms with Crippen molar-refractivity contribution in [3.8, 4) is 5.75 Å². The van der Waals surface area contributed by atoms with Crippen LogP contribution in [0.25, 0.3) is 0 Å². The van der Waals surface area contributed by atoms with Crippen LogP contribution in [-0.2, 0) is 26.6 Å². The molecular weight excluding hydrogens is 264 g/mol. The van der Waals surface area contributed by atoms with E-state index in [-0.39, 0.29) is 0 Å². The Kier molecular flexibility index (Phi) is 4.00. The van der Waals surface area contributed by atoms with Crippen molar-refractivity contribution in [2.75, 3.05) is 0 Å². The first kappa shape index (κ1) is 13.4. The average Bonchev–Trinajstić information content (AvgIpc) is 3.13. The Morgan fingerprint density at radius 2 is 1.76 bits per heavy atom. The first-order valence-electron chi connectivity index (χ1n) is 6.98. The molecule has 0 amide bonds. The number of aryl methyl sites for hydroxylation is 3. The quantitative estimate of drug-likeness (QED) is 0.697. The zero-order valence-corrected chi connectivity index (χ0v) is 12.0. The molecule has 3 aromatic rings. The molecule has 0 unspecified atom stereocenters. The van der Waals surface area contributed by atoms with Gasteiger partial charge in [-0.2, -0.15) is 10.2 Å². The van der Waals surface area contributed by atoms with Gasteiger partial charge in [0.05, 0.1) is 11.4 Å². The second-order valence-electron chi connectivity index (χ2n) is 4.90. The van der Waals surface area contributed by atoms with Gasteiger partial charge in [0.15, 0.2) is 0 Å². The third kappa shape index (κ3) is 3.72. The molecule has 0 bridgehead atoms. The molecule has 0 atom stereocenters. The molecule has 5 nitrogen and oxygen atoms in total. The molecule has 108 valence electrons. The van der Waals surface area contributed by atoms with E-state index in [1.54, 1.807) is 0 Å². The summed E-state index contributed by atoms with van der Waals surface area (Å²) in [4.78, 5) is 0. The van der Waals surface area contributed by atoms with Crippen LogP contribution >= 0.6 is 0 Å². The van der Waals surface area contributed by atoms with Crippen LogP contribution < -0.4 is 4.74 Å². The van der Waals surface area contributed by atoms with Gasteiger partial charge in [-0.1, -0.05) is 18.2 Å². The Labute approximate surface area is 123 Å². The largest absolute Gasteiger partial charge is 0.487 e. The maximum atomic E-state index is 5.68. The van der Waals surface area contributed by atoms with E-state index in [0.29, 0.717) is 6.61 Å². The number of hydrogen-bond acceptors (Lipinski definition) is 3. The molecule has 0 N–H and O–H groups in total. The number of rotatable bonds is 6. The molecule has 2 aromatic heterocycles. The number of para-hydroxylation sites is 1. The highest BCUT2D eigenvalue weighted by Crippen LogP contribution is 2.10. The van der Waals surface area contributed by atoms with Crippen LogP contribution in [0.2, 0.25) is 0 Å². The third-order valence-corrected chi connectivity index (χ3v) is 3.19. The first-order valence-corrected chi connectivity index (χ1v) is 6.98. The van der Waals surface area contributed by atoms with Crippen LogP contribution in [0, 0.1) is 0 Å². The van der Waals surface area contributed by atoms with Crippen LogP contribution in [0.1, 0.15) is 11.4 Å². The Morgan fingerprint density at radius 3 is 2.52 bits per heavy atom. The van der Waals surface area contributed by atoms with Crippen LogP contribution in [0.3, 0.4) is 0 Å². The van der Waals surface area contributed by atoms with E-state index in [2.05, 4.69) is 10.2 Å². The topological polar surface area (TPSA) is 44.9 Å². The van der Waals surface area contributed by atoms with E-state index < -0.39 is 0 Å². The molecule has 0 saturated carbocycles. The lowest BCUT2D eigenvalue weighted by molar-refractivity contribution is 0.299. The molecule has 2 heterocycles. The van der Waals surface area contributed by atoms with Gasteiger partial charge in [0.2, 0.25) is 0 Å². The number of benzene rings is 1. The molecule has 1 aromatic carbocycles. The van der Waals surface area contributed by atoms with Gasteiger partial charge < -0.3 is 4.74 Å². The minimum absolute atomic E-state index is 0.487. The minimum Gasteiger partial charge on any atom is -0.487 e. The summed E-state index contributed by atoms with van der Waals surface area (Å²) in [5.74, 6) is 0.862. The highest BCUT2D eigenvalue weighted by molar-refractivity contribution is 5.21. The number of nitrogens with zero attached hydrogens (tertiary/aromatic N) is 4. The molecule has 0 aliphatic heterocycles. The van der Waals surface area contributed by atoms with Crippen molar-refractivity contribution >= 4 is 0 Å². The van der Waals surface area contributed by atoms with Gasteiger partial charge in [-0.3, -0.25) is 9.36 Å². The fourth-order valence-electron chi connectivity index (χ4n) is 2.10. The molecule has 5 heteroatoms. The molecule has 0 aliphatic rings. The molecule has 0 saturated heterocycles. The highest BCUT2D eigenvalue weighted by Gasteiger charge is 2.02. The van der Waals surface area contributed by atoms with Crippen LogP contribution in [-0.4, -0.2) is 19.6 Å². The van der Waals surface area contributed by atoms with Gasteiger partial charge >= 0.3 is 0 Å². The van der Waals surface area contributed by atoms with Crippen LogP contribution in [0.4, 0.5) is 0 Å². The zero-order valence-electron chi connectivity index (χ0n) is 12.0. The van der Waals surface area contributed by atoms with Crippen molar-refractivity contribution in [2.45, 2.75) is 19.6 Å². The number of aromatic nitrogens is 4. The average molecular weight is 282 g/mol. The van der Waals surface area contributed by atoms with E-state index in [4.69, 9.17) is 4.74 Å². The van der Waals surface area contributed by atoms with Gasteiger partial charge in [-0.15, -0.1) is 0 Å². The van der Waals surface area contributed by atoms with Gasteiger partial charge in [0, 0.05) is 32.4 Å². The molecule has 21 heavy (non-hydrogen) atoms. The molecule has 0 spiro atoms. The Balaban J connectivity index is 1.51. The third-order valence-electron chi connectivity index (χ3n) is 3.19. The van der Waals surface area contributed by atoms with E-state index in [1.165, 1.54) is 0 Å². The summed E-state index contributed by atoms with van der Waals surface area (Å²) in [7, 11) is 1.93. The van der Waals surface area contributed by atoms with Crippen molar-refractivity contribution < 1.29 is 4.74 Å². The van der Waals surface area contributed by atoms with Crippen molar-refractivity contribution in [2.24, 2.45) is 7.05 Å². The van der Waals surface area contributed by atoms with E-state index >= 15 is 0 Å². The maximum Gasteiger partial charge on any atom is 0.132 e. The summed E-state index contributed by atoms with van der Waals surface area (Å²) in [5, 5.41) is 8.86. The summed E-state index contributed by atoms with van der Waals surface area (Å²) in [6, 6.07) is 13.8. The van der Waals surface area contributed by atoms with Gasteiger partial charge in [0.25, 0.3) is 0 Å². The first-order chi connectivity index (χ1) is 10.3. The highest BCUT2D eigenvalue weighted by atomic mass is 16.5. The summed E-state index contributed by atoms with van der Waals surface area (Å²) < 4.78 is 9.43. The monoisotopic (exact) mass is 282 g/mol. The SMILES string of the molecule is Cn1ccc(CCn2ccc(COc3ccccc3)n2)n1. The maximum absolute atomic E-state index is 5.68. The van der Waals surface area contributed by atoms with Crippen molar-refractivity contribution in [3.05, 3.63) is 66.2 Å². The Morgan fingerprint density at radius 1 is 0.952 bits per heavy atom. The summed E-state index contributed by atoms with van der Waals surface area (Å²) in [5.41, 5.74) is 2.01. The lowest BCUT2D eigenvalue weighted by Gasteiger charge is -2.03. The number of hydrogen-bond donors (Lipinski definition) is 0. The van der Waals surface area contributed by atoms with Crippen molar-refractivity contribution in [1.82, 2.24) is 19.6 Å². The van der Waals surface area contributed by atoms with Gasteiger partial charge in [0.1, 0.15) is 12.4 Å². The zero-order chi connectivity index (χ0) is 14.5. The smallest absolute Gasteiger partial charge is 0.132 e. The predicted octanol–water partition coefficient (Wildman–Crippen LogP) is 2.44. The molecule has 0 radical (unpaired) electrons. The summed E-state index contributed by atoms with van der Waals surface area (Å²) >= 11 is 0. The molecule has 3 rings (SSSR count). The van der Waals surface area contributed by atoms with Crippen LogP contribution in [0.15, 0.2) is 54.9 Å². The second kappa shape index (κ2) is 6.26. The van der Waals surface area contributed by atoms with Crippen molar-refractivity contribution in [3.63, 3.8) is 0 Å². The van der Waals surface area contributed by atoms with E-state index in [9.17, 15) is 0 Å². The Bertz CT molecular complexity index is 687. The molecule has 0 fully saturated rings. The lowest BCUT2D eigenvalue weighted by Crippen LogP contribution is -2.04. The fourth-order valence-corrected chi connectivity index (χ4v) is 2.10. The summed E-state index contributed by atoms with van der Waals surface area (Å²) in [6.45, 7) is 1.31. The molecule has 0 aliphatic carbocycles. The lowest BCUT2D eigenvalue weighted by atomic mass is 10.3. The van der Waals surface area contributed by atoms with E-state index in [1.807, 2.05) is 71.3 Å². The number of ether oxygens (including phenoxy) is 1. The standard InChI is InChI=1S/C16H18N4O/c1-19-10-7-14(17-19)8-11-20-12-9-15(18-20)13-21-16-5-3-2-4-6-16/h2-7,9-10,12H,8,11,13H2,1H3.